The summed E-state index contributed by atoms with van der Waals surface area (Å²) in [4.78, 5) is 0. The minimum absolute atomic E-state index is 0.639. The first-order chi connectivity index (χ1) is 3.71. The van der Waals surface area contributed by atoms with Crippen LogP contribution in [-0.4, -0.2) is 16.8 Å². The molecule has 1 N–H and O–H groups in total. The highest BCUT2D eigenvalue weighted by Crippen LogP contribution is 2.24. The van der Waals surface area contributed by atoms with Gasteiger partial charge >= 0.3 is 0 Å². The van der Waals surface area contributed by atoms with Crippen molar-refractivity contribution in [1.29, 1.82) is 0 Å². The van der Waals surface area contributed by atoms with Gasteiger partial charge in [0.05, 0.1) is 6.61 Å². The summed E-state index contributed by atoms with van der Waals surface area (Å²) in [7, 11) is 0. The van der Waals surface area contributed by atoms with Crippen molar-refractivity contribution in [2.24, 2.45) is 0 Å². The van der Waals surface area contributed by atoms with E-state index in [9.17, 15) is 0 Å². The molecule has 2 nitrogen and oxygen atoms in total. The third-order valence-electron chi connectivity index (χ3n) is 1.23. The second-order valence-electron chi connectivity index (χ2n) is 2.05. The Bertz CT molecular complexity index is 74.5. The Morgan fingerprint density at radius 1 is 1.50 bits per heavy atom. The van der Waals surface area contributed by atoms with Crippen LogP contribution < -0.4 is 0 Å². The van der Waals surface area contributed by atoms with E-state index in [1.165, 1.54) is 0 Å². The zero-order valence-corrected chi connectivity index (χ0v) is 5.53. The topological polar surface area (TPSA) is 29.5 Å². The number of hydrogen-bond acceptors (Lipinski definition) is 3. The molecular formula is C5H10O2S. The molecule has 1 fully saturated rings. The van der Waals surface area contributed by atoms with Gasteiger partial charge in [0, 0.05) is 6.42 Å². The van der Waals surface area contributed by atoms with Gasteiger partial charge in [0.1, 0.15) is 0 Å². The Kier molecular flexibility index (Phi) is 1.80. The first-order valence-electron chi connectivity index (χ1n) is 2.79. The highest BCUT2D eigenvalue weighted by Gasteiger charge is 2.24. The minimum atomic E-state index is -1.13. The third kappa shape index (κ3) is 1.65. The van der Waals surface area contributed by atoms with Crippen LogP contribution >= 0.6 is 12.6 Å². The number of thiol groups is 1. The first kappa shape index (κ1) is 6.39. The fourth-order valence-electron chi connectivity index (χ4n) is 0.765. The lowest BCUT2D eigenvalue weighted by atomic mass is 10.2. The van der Waals surface area contributed by atoms with E-state index < -0.39 is 5.12 Å². The predicted octanol–water partition coefficient (Wildman–Crippen LogP) is 0.763. The third-order valence-corrected chi connectivity index (χ3v) is 1.58. The van der Waals surface area contributed by atoms with Crippen molar-refractivity contribution in [3.8, 4) is 0 Å². The summed E-state index contributed by atoms with van der Waals surface area (Å²) in [6, 6.07) is 0. The Morgan fingerprint density at radius 2 is 2.25 bits per heavy atom. The van der Waals surface area contributed by atoms with Crippen molar-refractivity contribution in [2.45, 2.75) is 24.4 Å². The number of rotatable bonds is 0. The van der Waals surface area contributed by atoms with Gasteiger partial charge in [0.15, 0.2) is 0 Å². The van der Waals surface area contributed by atoms with Crippen LogP contribution in [-0.2, 0) is 4.74 Å². The maximum atomic E-state index is 9.02. The molecule has 1 atom stereocenters. The molecule has 0 aliphatic carbocycles. The molecule has 0 aromatic rings. The van der Waals surface area contributed by atoms with Gasteiger partial charge in [-0.2, -0.15) is 0 Å². The maximum absolute atomic E-state index is 9.02. The Hall–Kier alpha value is 0.270. The molecular weight excluding hydrogens is 124 g/mol. The van der Waals surface area contributed by atoms with Gasteiger partial charge in [0.25, 0.3) is 0 Å². The summed E-state index contributed by atoms with van der Waals surface area (Å²) < 4.78 is 4.89. The molecule has 48 valence electrons. The maximum Gasteiger partial charge on any atom is 0.212 e. The van der Waals surface area contributed by atoms with Crippen LogP contribution in [0.5, 0.6) is 0 Å². The van der Waals surface area contributed by atoms with Crippen LogP contribution in [0.4, 0.5) is 0 Å². The highest BCUT2D eigenvalue weighted by atomic mass is 32.1. The molecule has 8 heavy (non-hydrogen) atoms. The van der Waals surface area contributed by atoms with Crippen LogP contribution in [0, 0.1) is 0 Å². The molecule has 0 aromatic carbocycles. The summed E-state index contributed by atoms with van der Waals surface area (Å²) in [5.74, 6) is 0. The molecule has 1 unspecified atom stereocenters. The lowest BCUT2D eigenvalue weighted by Crippen LogP contribution is -2.29. The summed E-state index contributed by atoms with van der Waals surface area (Å²) in [5, 5.41) is 7.89. The molecule has 1 aliphatic heterocycles. The molecule has 0 bridgehead atoms. The van der Waals surface area contributed by atoms with Crippen LogP contribution in [0.1, 0.15) is 19.3 Å². The van der Waals surface area contributed by atoms with Crippen molar-refractivity contribution in [2.75, 3.05) is 6.61 Å². The van der Waals surface area contributed by atoms with Crippen LogP contribution in [0.15, 0.2) is 0 Å². The summed E-state index contributed by atoms with van der Waals surface area (Å²) in [6.45, 7) is 0.639. The standard InChI is InChI=1S/C5H10O2S/c6-5(8)3-1-2-4-7-5/h6,8H,1-4H2. The largest absolute Gasteiger partial charge is 0.357 e. The molecule has 1 saturated heterocycles. The van der Waals surface area contributed by atoms with Crippen LogP contribution in [0.3, 0.4) is 0 Å². The monoisotopic (exact) mass is 134 g/mol. The van der Waals surface area contributed by atoms with Gasteiger partial charge in [-0.05, 0) is 12.8 Å². The van der Waals surface area contributed by atoms with Crippen LogP contribution in [0.2, 0.25) is 0 Å². The SMILES string of the molecule is OC1(S)CCCCO1. The van der Waals surface area contributed by atoms with Gasteiger partial charge in [-0.15, -0.1) is 12.6 Å². The van der Waals surface area contributed by atoms with Gasteiger partial charge in [-0.25, -0.2) is 0 Å². The Morgan fingerprint density at radius 3 is 2.50 bits per heavy atom. The zero-order chi connectivity index (χ0) is 6.04. The second kappa shape index (κ2) is 2.25. The lowest BCUT2D eigenvalue weighted by Gasteiger charge is -2.26. The first-order valence-corrected chi connectivity index (χ1v) is 3.24. The van der Waals surface area contributed by atoms with Crippen LogP contribution in [0.25, 0.3) is 0 Å². The van der Waals surface area contributed by atoms with Gasteiger partial charge in [-0.1, -0.05) is 0 Å². The molecule has 0 amide bonds. The van der Waals surface area contributed by atoms with Gasteiger partial charge < -0.3 is 9.84 Å². The smallest absolute Gasteiger partial charge is 0.212 e. The van der Waals surface area contributed by atoms with Crippen molar-refractivity contribution in [3.05, 3.63) is 0 Å². The number of ether oxygens (including phenoxy) is 1. The molecule has 0 spiro atoms. The number of hydrogen-bond donors (Lipinski definition) is 2. The molecule has 1 heterocycles. The molecule has 0 aromatic heterocycles. The summed E-state index contributed by atoms with van der Waals surface area (Å²) in [5.41, 5.74) is 0. The quantitative estimate of drug-likeness (QED) is 0.378. The average molecular weight is 134 g/mol. The number of aliphatic hydroxyl groups is 1. The van der Waals surface area contributed by atoms with E-state index in [2.05, 4.69) is 12.6 Å². The fraction of sp³-hybridized carbons (Fsp3) is 1.00. The van der Waals surface area contributed by atoms with Crippen molar-refractivity contribution >= 4 is 12.6 Å². The van der Waals surface area contributed by atoms with Crippen molar-refractivity contribution in [3.63, 3.8) is 0 Å². The molecule has 1 aliphatic rings. The van der Waals surface area contributed by atoms with E-state index in [0.29, 0.717) is 13.0 Å². The molecule has 3 heteroatoms. The second-order valence-corrected chi connectivity index (χ2v) is 2.75. The van der Waals surface area contributed by atoms with Crippen molar-refractivity contribution < 1.29 is 9.84 Å². The Labute approximate surface area is 54.3 Å². The van der Waals surface area contributed by atoms with Gasteiger partial charge in [0.2, 0.25) is 5.12 Å². The van der Waals surface area contributed by atoms with E-state index in [-0.39, 0.29) is 0 Å². The zero-order valence-electron chi connectivity index (χ0n) is 4.63. The van der Waals surface area contributed by atoms with E-state index in [1.807, 2.05) is 0 Å². The Balaban J connectivity index is 2.33. The van der Waals surface area contributed by atoms with E-state index in [4.69, 9.17) is 9.84 Å². The lowest BCUT2D eigenvalue weighted by molar-refractivity contribution is -0.152. The highest BCUT2D eigenvalue weighted by molar-refractivity contribution is 7.81. The van der Waals surface area contributed by atoms with Gasteiger partial charge in [-0.3, -0.25) is 0 Å². The molecule has 0 saturated carbocycles. The minimum Gasteiger partial charge on any atom is -0.357 e. The summed E-state index contributed by atoms with van der Waals surface area (Å²) >= 11 is 3.85. The predicted molar refractivity (Wildman–Crippen MR) is 33.7 cm³/mol. The van der Waals surface area contributed by atoms with Crippen molar-refractivity contribution in [1.82, 2.24) is 0 Å². The van der Waals surface area contributed by atoms with E-state index in [1.54, 1.807) is 0 Å². The molecule has 0 radical (unpaired) electrons. The normalized spacial score (nSPS) is 39.8. The fourth-order valence-corrected chi connectivity index (χ4v) is 1.01. The average Bonchev–Trinajstić information content (AvgIpc) is 1.65. The van der Waals surface area contributed by atoms with E-state index >= 15 is 0 Å². The van der Waals surface area contributed by atoms with E-state index in [0.717, 1.165) is 12.8 Å². The summed E-state index contributed by atoms with van der Waals surface area (Å²) in [6.07, 6.45) is 2.71. The molecule has 1 rings (SSSR count).